The molecular weight excluding hydrogens is 424 g/mol. The molecule has 0 saturated carbocycles. The minimum atomic E-state index is -4.54. The second-order valence-electron chi connectivity index (χ2n) is 6.17. The number of sulfonamides is 1. The zero-order valence-electron chi connectivity index (χ0n) is 15.1. The first-order valence-electron chi connectivity index (χ1n) is 8.42. The lowest BCUT2D eigenvalue weighted by Crippen LogP contribution is -2.14. The van der Waals surface area contributed by atoms with E-state index in [0.717, 1.165) is 36.4 Å². The van der Waals surface area contributed by atoms with Gasteiger partial charge in [-0.1, -0.05) is 6.07 Å². The molecule has 0 aliphatic rings. The summed E-state index contributed by atoms with van der Waals surface area (Å²) in [5, 5.41) is 2.36. The summed E-state index contributed by atoms with van der Waals surface area (Å²) in [5.74, 6) is -1.24. The number of carbonyl (C=O) groups excluding carboxylic acids is 1. The van der Waals surface area contributed by atoms with Crippen molar-refractivity contribution in [2.75, 3.05) is 10.0 Å². The summed E-state index contributed by atoms with van der Waals surface area (Å²) in [5.41, 5.74) is -0.672. The molecule has 0 aliphatic carbocycles. The molecule has 10 heteroatoms. The fourth-order valence-corrected chi connectivity index (χ4v) is 3.55. The number of rotatable bonds is 5. The molecule has 30 heavy (non-hydrogen) atoms. The Labute approximate surface area is 169 Å². The van der Waals surface area contributed by atoms with Crippen molar-refractivity contribution >= 4 is 27.3 Å². The average Bonchev–Trinajstić information content (AvgIpc) is 2.68. The van der Waals surface area contributed by atoms with E-state index in [1.54, 1.807) is 0 Å². The van der Waals surface area contributed by atoms with E-state index in [0.29, 0.717) is 0 Å². The van der Waals surface area contributed by atoms with Gasteiger partial charge < -0.3 is 5.32 Å². The summed E-state index contributed by atoms with van der Waals surface area (Å²) >= 11 is 0. The van der Waals surface area contributed by atoms with Crippen molar-refractivity contribution in [2.24, 2.45) is 0 Å². The van der Waals surface area contributed by atoms with Crippen molar-refractivity contribution in [3.8, 4) is 0 Å². The van der Waals surface area contributed by atoms with Crippen LogP contribution < -0.4 is 10.0 Å². The van der Waals surface area contributed by atoms with Crippen molar-refractivity contribution in [2.45, 2.75) is 11.1 Å². The van der Waals surface area contributed by atoms with Gasteiger partial charge in [0.25, 0.3) is 15.9 Å². The van der Waals surface area contributed by atoms with Crippen molar-refractivity contribution in [3.05, 3.63) is 89.7 Å². The minimum Gasteiger partial charge on any atom is -0.322 e. The summed E-state index contributed by atoms with van der Waals surface area (Å²) in [7, 11) is -3.95. The molecule has 156 valence electrons. The van der Waals surface area contributed by atoms with E-state index in [1.165, 1.54) is 36.4 Å². The molecule has 0 atom stereocenters. The van der Waals surface area contributed by atoms with Crippen molar-refractivity contribution < 1.29 is 30.8 Å². The lowest BCUT2D eigenvalue weighted by Gasteiger charge is -2.11. The Morgan fingerprint density at radius 3 is 2.07 bits per heavy atom. The van der Waals surface area contributed by atoms with Gasteiger partial charge in [0.05, 0.1) is 10.5 Å². The predicted octanol–water partition coefficient (Wildman–Crippen LogP) is 4.90. The van der Waals surface area contributed by atoms with E-state index < -0.39 is 33.5 Å². The maximum atomic E-state index is 12.9. The van der Waals surface area contributed by atoms with E-state index in [-0.39, 0.29) is 21.8 Å². The van der Waals surface area contributed by atoms with Crippen LogP contribution in [-0.4, -0.2) is 14.3 Å². The third-order valence-corrected chi connectivity index (χ3v) is 5.37. The first-order valence-corrected chi connectivity index (χ1v) is 9.90. The van der Waals surface area contributed by atoms with E-state index in [1.807, 2.05) is 0 Å². The molecule has 3 rings (SSSR count). The third-order valence-electron chi connectivity index (χ3n) is 3.97. The second-order valence-corrected chi connectivity index (χ2v) is 7.85. The molecule has 3 aromatic rings. The molecule has 0 aliphatic heterocycles. The Hall–Kier alpha value is -3.40. The highest BCUT2D eigenvalue weighted by molar-refractivity contribution is 7.92. The molecule has 0 radical (unpaired) electrons. The van der Waals surface area contributed by atoms with Gasteiger partial charge in [0.2, 0.25) is 0 Å². The van der Waals surface area contributed by atoms with Gasteiger partial charge in [-0.05, 0) is 66.7 Å². The molecule has 0 aromatic heterocycles. The van der Waals surface area contributed by atoms with Crippen molar-refractivity contribution in [1.29, 1.82) is 0 Å². The third kappa shape index (κ3) is 5.15. The van der Waals surface area contributed by atoms with Crippen LogP contribution >= 0.6 is 0 Å². The van der Waals surface area contributed by atoms with Gasteiger partial charge >= 0.3 is 6.18 Å². The molecule has 0 bridgehead atoms. The van der Waals surface area contributed by atoms with Crippen LogP contribution in [0.4, 0.5) is 28.9 Å². The number of benzene rings is 3. The van der Waals surface area contributed by atoms with Crippen LogP contribution in [0.3, 0.4) is 0 Å². The van der Waals surface area contributed by atoms with Gasteiger partial charge in [-0.25, -0.2) is 12.8 Å². The van der Waals surface area contributed by atoms with E-state index in [2.05, 4.69) is 10.0 Å². The lowest BCUT2D eigenvalue weighted by atomic mass is 10.1. The van der Waals surface area contributed by atoms with Crippen LogP contribution in [0.5, 0.6) is 0 Å². The molecule has 0 fully saturated rings. The number of carbonyl (C=O) groups is 1. The number of alkyl halides is 3. The van der Waals surface area contributed by atoms with E-state index in [9.17, 15) is 30.8 Å². The van der Waals surface area contributed by atoms with E-state index in [4.69, 9.17) is 0 Å². The molecule has 0 spiro atoms. The summed E-state index contributed by atoms with van der Waals surface area (Å²) in [6, 6.07) is 13.7. The summed E-state index contributed by atoms with van der Waals surface area (Å²) in [4.78, 5) is 12.1. The smallest absolute Gasteiger partial charge is 0.322 e. The standard InChI is InChI=1S/C20H14F4N2O3S/c21-15-6-10-18(11-7-15)30(28,29)26-16-8-4-13(5-9-16)19(27)25-17-3-1-2-14(12-17)20(22,23)24/h1-12,26H,(H,25,27). The van der Waals surface area contributed by atoms with Crippen LogP contribution in [0, 0.1) is 5.82 Å². The van der Waals surface area contributed by atoms with Gasteiger partial charge in [0.1, 0.15) is 5.82 Å². The molecule has 2 N–H and O–H groups in total. The van der Waals surface area contributed by atoms with Crippen molar-refractivity contribution in [3.63, 3.8) is 0 Å². The second kappa shape index (κ2) is 8.15. The number of hydrogen-bond acceptors (Lipinski definition) is 3. The fraction of sp³-hybridized carbons (Fsp3) is 0.0500. The first kappa shape index (κ1) is 21.3. The van der Waals surface area contributed by atoms with Crippen LogP contribution in [0.1, 0.15) is 15.9 Å². The minimum absolute atomic E-state index is 0.0316. The van der Waals surface area contributed by atoms with Gasteiger partial charge in [0, 0.05) is 16.9 Å². The number of halogens is 4. The number of nitrogens with one attached hydrogen (secondary N) is 2. The highest BCUT2D eigenvalue weighted by Gasteiger charge is 2.30. The van der Waals surface area contributed by atoms with Gasteiger partial charge in [0.15, 0.2) is 0 Å². The molecule has 0 saturated heterocycles. The average molecular weight is 438 g/mol. The van der Waals surface area contributed by atoms with Crippen LogP contribution in [0.15, 0.2) is 77.7 Å². The van der Waals surface area contributed by atoms with Crippen LogP contribution in [0.2, 0.25) is 0 Å². The number of anilines is 2. The highest BCUT2D eigenvalue weighted by Crippen LogP contribution is 2.30. The Balaban J connectivity index is 1.71. The largest absolute Gasteiger partial charge is 0.416 e. The molecule has 3 aromatic carbocycles. The van der Waals surface area contributed by atoms with Crippen molar-refractivity contribution in [1.82, 2.24) is 0 Å². The maximum absolute atomic E-state index is 12.9. The Morgan fingerprint density at radius 1 is 0.833 bits per heavy atom. The topological polar surface area (TPSA) is 75.3 Å². The quantitative estimate of drug-likeness (QED) is 0.557. The van der Waals surface area contributed by atoms with Crippen LogP contribution in [-0.2, 0) is 16.2 Å². The Kier molecular flexibility index (Phi) is 5.79. The SMILES string of the molecule is O=C(Nc1cccc(C(F)(F)F)c1)c1ccc(NS(=O)(=O)c2ccc(F)cc2)cc1. The first-order chi connectivity index (χ1) is 14.0. The zero-order chi connectivity index (χ0) is 21.9. The number of amides is 1. The zero-order valence-corrected chi connectivity index (χ0v) is 15.9. The molecule has 0 unspecified atom stereocenters. The summed E-state index contributed by atoms with van der Waals surface area (Å²) in [6.07, 6.45) is -4.54. The van der Waals surface area contributed by atoms with Gasteiger partial charge in [-0.2, -0.15) is 13.2 Å². The van der Waals surface area contributed by atoms with Crippen LogP contribution in [0.25, 0.3) is 0 Å². The predicted molar refractivity (Wildman–Crippen MR) is 103 cm³/mol. The molecule has 5 nitrogen and oxygen atoms in total. The monoisotopic (exact) mass is 438 g/mol. The van der Waals surface area contributed by atoms with E-state index >= 15 is 0 Å². The normalized spacial score (nSPS) is 11.7. The Bertz CT molecular complexity index is 1160. The highest BCUT2D eigenvalue weighted by atomic mass is 32.2. The molecular formula is C20H14F4N2O3S. The Morgan fingerprint density at radius 2 is 1.47 bits per heavy atom. The van der Waals surface area contributed by atoms with Gasteiger partial charge in [-0.3, -0.25) is 9.52 Å². The lowest BCUT2D eigenvalue weighted by molar-refractivity contribution is -0.137. The van der Waals surface area contributed by atoms with Gasteiger partial charge in [-0.15, -0.1) is 0 Å². The maximum Gasteiger partial charge on any atom is 0.416 e. The number of hydrogen-bond donors (Lipinski definition) is 2. The fourth-order valence-electron chi connectivity index (χ4n) is 2.49. The summed E-state index contributed by atoms with van der Waals surface area (Å²) in [6.45, 7) is 0. The molecule has 1 amide bonds. The molecule has 0 heterocycles. The summed E-state index contributed by atoms with van der Waals surface area (Å²) < 4.78 is 78.1.